The Morgan fingerprint density at radius 2 is 1.91 bits per heavy atom. The standard InChI is InChI=1S/C26H22N4O3/c1-15(2)30-9-6-16-4-3-5-18(23(16)30)19(13-27-8-10-30)21-22(26(32)29-25(21)31)20-14-28-12-17-7-11-33-24(17)20/h3-5,7-8,11-15H,6,9-10H2,1-2H3/p+1. The van der Waals surface area contributed by atoms with E-state index in [9.17, 15) is 9.59 Å². The van der Waals surface area contributed by atoms with Crippen LogP contribution in [-0.4, -0.2) is 42.1 Å². The Labute approximate surface area is 190 Å². The maximum Gasteiger partial charge on any atom is 0.259 e. The van der Waals surface area contributed by atoms with Crippen molar-refractivity contribution in [3.05, 3.63) is 71.4 Å². The van der Waals surface area contributed by atoms with Crippen LogP contribution in [0.25, 0.3) is 22.1 Å². The van der Waals surface area contributed by atoms with Gasteiger partial charge in [0, 0.05) is 52.7 Å². The zero-order valence-electron chi connectivity index (χ0n) is 18.5. The highest BCUT2D eigenvalue weighted by molar-refractivity contribution is 6.41. The number of amides is 2. The topological polar surface area (TPSA) is 84.6 Å². The van der Waals surface area contributed by atoms with E-state index in [4.69, 9.17) is 4.42 Å². The molecule has 2 amide bonds. The average Bonchev–Trinajstić information content (AvgIpc) is 3.48. The third-order valence-corrected chi connectivity index (χ3v) is 7.17. The van der Waals surface area contributed by atoms with Gasteiger partial charge in [-0.3, -0.25) is 29.4 Å². The van der Waals surface area contributed by atoms with Gasteiger partial charge in [-0.05, 0) is 26.0 Å². The molecule has 0 aliphatic carbocycles. The van der Waals surface area contributed by atoms with E-state index >= 15 is 0 Å². The summed E-state index contributed by atoms with van der Waals surface area (Å²) in [6.07, 6.45) is 9.42. The monoisotopic (exact) mass is 439 g/mol. The number of benzene rings is 1. The number of aliphatic imine (C=N–C) groups is 1. The number of hydrogen-bond acceptors (Lipinski definition) is 5. The molecular weight excluding hydrogens is 416 g/mol. The summed E-state index contributed by atoms with van der Waals surface area (Å²) in [4.78, 5) is 35.1. The lowest BCUT2D eigenvalue weighted by Gasteiger charge is -2.39. The molecule has 3 aromatic rings. The number of furan rings is 1. The average molecular weight is 439 g/mol. The summed E-state index contributed by atoms with van der Waals surface area (Å²) >= 11 is 0. The minimum absolute atomic E-state index is 0.272. The largest absolute Gasteiger partial charge is 0.464 e. The van der Waals surface area contributed by atoms with E-state index in [1.807, 2.05) is 18.3 Å². The van der Waals surface area contributed by atoms with Gasteiger partial charge in [0.1, 0.15) is 17.8 Å². The molecule has 6 rings (SSSR count). The van der Waals surface area contributed by atoms with Crippen molar-refractivity contribution < 1.29 is 14.0 Å². The Morgan fingerprint density at radius 1 is 1.06 bits per heavy atom. The van der Waals surface area contributed by atoms with Gasteiger partial charge in [0.15, 0.2) is 0 Å². The molecule has 7 heteroatoms. The van der Waals surface area contributed by atoms with E-state index in [1.54, 1.807) is 30.9 Å². The predicted octanol–water partition coefficient (Wildman–Crippen LogP) is 3.64. The molecule has 1 aromatic carbocycles. The molecule has 1 atom stereocenters. The highest BCUT2D eigenvalue weighted by Gasteiger charge is 2.45. The van der Waals surface area contributed by atoms with E-state index in [0.29, 0.717) is 28.3 Å². The Bertz CT molecular complexity index is 1440. The second kappa shape index (κ2) is 7.08. The Kier molecular flexibility index (Phi) is 4.25. The van der Waals surface area contributed by atoms with Crippen molar-refractivity contribution in [2.45, 2.75) is 26.3 Å². The number of rotatable bonds is 3. The van der Waals surface area contributed by atoms with E-state index in [0.717, 1.165) is 34.9 Å². The van der Waals surface area contributed by atoms with Gasteiger partial charge >= 0.3 is 0 Å². The Hall–Kier alpha value is -3.84. The summed E-state index contributed by atoms with van der Waals surface area (Å²) in [5, 5.41) is 3.26. The molecule has 0 saturated carbocycles. The van der Waals surface area contributed by atoms with Crippen LogP contribution in [0.15, 0.2) is 64.1 Å². The molecule has 5 heterocycles. The van der Waals surface area contributed by atoms with Crippen LogP contribution < -0.4 is 9.80 Å². The summed E-state index contributed by atoms with van der Waals surface area (Å²) in [6.45, 7) is 6.23. The first-order valence-electron chi connectivity index (χ1n) is 11.1. The summed E-state index contributed by atoms with van der Waals surface area (Å²) < 4.78 is 6.45. The number of nitrogens with one attached hydrogen (secondary N) is 1. The van der Waals surface area contributed by atoms with Gasteiger partial charge in [-0.1, -0.05) is 12.1 Å². The lowest BCUT2D eigenvalue weighted by Crippen LogP contribution is -2.54. The quantitative estimate of drug-likeness (QED) is 0.499. The fraction of sp³-hybridized carbons (Fsp3) is 0.231. The lowest BCUT2D eigenvalue weighted by molar-refractivity contribution is -0.123. The molecule has 0 saturated heterocycles. The van der Waals surface area contributed by atoms with Gasteiger partial charge in [-0.25, -0.2) is 0 Å². The first-order valence-corrected chi connectivity index (χ1v) is 11.1. The maximum atomic E-state index is 13.2. The molecule has 33 heavy (non-hydrogen) atoms. The van der Waals surface area contributed by atoms with Crippen LogP contribution >= 0.6 is 0 Å². The van der Waals surface area contributed by atoms with Crippen molar-refractivity contribution in [1.29, 1.82) is 0 Å². The molecular formula is C26H23N4O3+. The number of carbonyl (C=O) groups excluding carboxylic acids is 2. The highest BCUT2D eigenvalue weighted by Crippen LogP contribution is 2.46. The van der Waals surface area contributed by atoms with Crippen molar-refractivity contribution in [2.75, 3.05) is 13.1 Å². The number of pyridine rings is 1. The number of hydrogen-bond donors (Lipinski definition) is 1. The van der Waals surface area contributed by atoms with Crippen molar-refractivity contribution in [3.63, 3.8) is 0 Å². The minimum atomic E-state index is -0.454. The van der Waals surface area contributed by atoms with Crippen LogP contribution in [0.2, 0.25) is 0 Å². The van der Waals surface area contributed by atoms with Gasteiger partial charge in [0.2, 0.25) is 0 Å². The van der Waals surface area contributed by atoms with Crippen LogP contribution in [-0.2, 0) is 16.0 Å². The van der Waals surface area contributed by atoms with E-state index in [2.05, 4.69) is 35.2 Å². The molecule has 0 spiro atoms. The highest BCUT2D eigenvalue weighted by atomic mass is 16.3. The third kappa shape index (κ3) is 2.72. The van der Waals surface area contributed by atoms with E-state index in [1.165, 1.54) is 11.3 Å². The molecule has 3 aliphatic heterocycles. The zero-order chi connectivity index (χ0) is 22.7. The number of aromatic nitrogens is 1. The molecule has 1 N–H and O–H groups in total. The molecule has 164 valence electrons. The second-order valence-electron chi connectivity index (χ2n) is 9.03. The summed E-state index contributed by atoms with van der Waals surface area (Å²) in [6, 6.07) is 8.36. The van der Waals surface area contributed by atoms with Gasteiger partial charge < -0.3 is 4.42 Å². The Balaban J connectivity index is 1.66. The Morgan fingerprint density at radius 3 is 2.76 bits per heavy atom. The molecule has 0 radical (unpaired) electrons. The van der Waals surface area contributed by atoms with Crippen LogP contribution in [0.5, 0.6) is 0 Å². The number of nitrogens with zero attached hydrogens (tertiary/aromatic N) is 3. The van der Waals surface area contributed by atoms with Crippen LogP contribution in [0, 0.1) is 0 Å². The van der Waals surface area contributed by atoms with Crippen molar-refractivity contribution >= 4 is 45.8 Å². The number of fused-ring (bicyclic) bond motifs is 1. The van der Waals surface area contributed by atoms with Crippen molar-refractivity contribution in [3.8, 4) is 0 Å². The molecule has 2 aromatic heterocycles. The van der Waals surface area contributed by atoms with Crippen LogP contribution in [0.1, 0.15) is 30.5 Å². The zero-order valence-corrected chi connectivity index (χ0v) is 18.5. The summed E-state index contributed by atoms with van der Waals surface area (Å²) in [7, 11) is 0. The van der Waals surface area contributed by atoms with Crippen LogP contribution in [0.3, 0.4) is 0 Å². The second-order valence-corrected chi connectivity index (χ2v) is 9.03. The predicted molar refractivity (Wildman–Crippen MR) is 127 cm³/mol. The maximum absolute atomic E-state index is 13.2. The molecule has 7 nitrogen and oxygen atoms in total. The molecule has 0 fully saturated rings. The van der Waals surface area contributed by atoms with Gasteiger partial charge in [0.05, 0.1) is 36.2 Å². The summed E-state index contributed by atoms with van der Waals surface area (Å²) in [5.41, 5.74) is 5.72. The number of quaternary nitrogens is 1. The summed E-state index contributed by atoms with van der Waals surface area (Å²) in [5.74, 6) is -0.886. The number of imide groups is 1. The van der Waals surface area contributed by atoms with Crippen LogP contribution in [0.4, 0.5) is 5.69 Å². The fourth-order valence-electron chi connectivity index (χ4n) is 5.50. The number of para-hydroxylation sites is 1. The van der Waals surface area contributed by atoms with Crippen molar-refractivity contribution in [1.82, 2.24) is 14.8 Å². The van der Waals surface area contributed by atoms with E-state index in [-0.39, 0.29) is 5.57 Å². The smallest absolute Gasteiger partial charge is 0.259 e. The SMILES string of the molecule is CC(C)[N+]12CC=NC=C(C3=C(c4cncc5ccoc45)C(=O)NC3=O)c3cccc(c31)CC2. The van der Waals surface area contributed by atoms with E-state index < -0.39 is 11.8 Å². The first-order chi connectivity index (χ1) is 16.0. The normalized spacial score (nSPS) is 22.0. The van der Waals surface area contributed by atoms with Gasteiger partial charge in [-0.2, -0.15) is 0 Å². The molecule has 1 unspecified atom stereocenters. The van der Waals surface area contributed by atoms with Gasteiger partial charge in [0.25, 0.3) is 11.8 Å². The van der Waals surface area contributed by atoms with Gasteiger partial charge in [-0.15, -0.1) is 0 Å². The molecule has 0 bridgehead atoms. The fourth-order valence-corrected chi connectivity index (χ4v) is 5.50. The van der Waals surface area contributed by atoms with Crippen molar-refractivity contribution in [2.24, 2.45) is 4.99 Å². The first kappa shape index (κ1) is 19.8. The third-order valence-electron chi connectivity index (χ3n) is 7.17. The minimum Gasteiger partial charge on any atom is -0.464 e. The lowest BCUT2D eigenvalue weighted by atomic mass is 9.89. The number of carbonyl (C=O) groups is 2. The molecule has 3 aliphatic rings.